The van der Waals surface area contributed by atoms with E-state index in [1.807, 2.05) is 13.1 Å². The molecule has 0 aromatic carbocycles. The molecule has 2 aromatic rings. The number of pyridine rings is 1. The zero-order chi connectivity index (χ0) is 11.7. The molecule has 0 aliphatic carbocycles. The topological polar surface area (TPSA) is 56.8 Å². The van der Waals surface area contributed by atoms with Gasteiger partial charge in [0.15, 0.2) is 5.65 Å². The van der Waals surface area contributed by atoms with Gasteiger partial charge in [0.05, 0.1) is 5.52 Å². The molecule has 1 saturated heterocycles. The summed E-state index contributed by atoms with van der Waals surface area (Å²) in [5, 5.41) is 3.37. The number of imidazole rings is 1. The average molecular weight is 231 g/mol. The lowest BCUT2D eigenvalue weighted by Crippen LogP contribution is -2.42. The number of H-pyrrole nitrogens is 1. The van der Waals surface area contributed by atoms with Gasteiger partial charge >= 0.3 is 0 Å². The van der Waals surface area contributed by atoms with Crippen LogP contribution in [0.1, 0.15) is 11.4 Å². The quantitative estimate of drug-likeness (QED) is 0.797. The van der Waals surface area contributed by atoms with Crippen LogP contribution in [0.25, 0.3) is 11.2 Å². The highest BCUT2D eigenvalue weighted by Gasteiger charge is 2.13. The Labute approximate surface area is 100 Å². The van der Waals surface area contributed by atoms with Crippen molar-refractivity contribution in [2.75, 3.05) is 26.2 Å². The third-order valence-corrected chi connectivity index (χ3v) is 3.20. The van der Waals surface area contributed by atoms with Crippen LogP contribution in [-0.4, -0.2) is 46.0 Å². The van der Waals surface area contributed by atoms with Crippen molar-refractivity contribution in [3.63, 3.8) is 0 Å². The van der Waals surface area contributed by atoms with E-state index in [4.69, 9.17) is 0 Å². The van der Waals surface area contributed by atoms with Gasteiger partial charge in [-0.15, -0.1) is 0 Å². The predicted octanol–water partition coefficient (Wildman–Crippen LogP) is 0.672. The Balaban J connectivity index is 1.88. The summed E-state index contributed by atoms with van der Waals surface area (Å²) >= 11 is 0. The van der Waals surface area contributed by atoms with Gasteiger partial charge in [0.1, 0.15) is 5.82 Å². The Hall–Kier alpha value is -1.46. The first kappa shape index (κ1) is 10.7. The molecule has 5 nitrogen and oxygen atoms in total. The molecular weight excluding hydrogens is 214 g/mol. The van der Waals surface area contributed by atoms with Crippen molar-refractivity contribution in [2.45, 2.75) is 13.5 Å². The van der Waals surface area contributed by atoms with Crippen molar-refractivity contribution in [3.05, 3.63) is 23.7 Å². The summed E-state index contributed by atoms with van der Waals surface area (Å²) in [5.41, 5.74) is 3.20. The van der Waals surface area contributed by atoms with E-state index in [9.17, 15) is 0 Å². The van der Waals surface area contributed by atoms with E-state index < -0.39 is 0 Å². The van der Waals surface area contributed by atoms with E-state index in [0.717, 1.165) is 49.7 Å². The number of hydrogen-bond donors (Lipinski definition) is 2. The first-order valence-electron chi connectivity index (χ1n) is 6.06. The fraction of sp³-hybridized carbons (Fsp3) is 0.500. The molecule has 3 heterocycles. The number of nitrogens with zero attached hydrogens (tertiary/aromatic N) is 3. The molecule has 0 spiro atoms. The number of nitrogens with one attached hydrogen (secondary N) is 2. The van der Waals surface area contributed by atoms with Crippen LogP contribution >= 0.6 is 0 Å². The number of piperazine rings is 1. The highest BCUT2D eigenvalue weighted by Crippen LogP contribution is 2.16. The van der Waals surface area contributed by atoms with E-state index in [0.29, 0.717) is 0 Å². The fourth-order valence-corrected chi connectivity index (χ4v) is 2.32. The summed E-state index contributed by atoms with van der Waals surface area (Å²) in [4.78, 5) is 14.4. The Morgan fingerprint density at radius 2 is 2.18 bits per heavy atom. The zero-order valence-corrected chi connectivity index (χ0v) is 10.0. The Morgan fingerprint density at radius 1 is 1.35 bits per heavy atom. The number of aromatic nitrogens is 3. The molecule has 0 radical (unpaired) electrons. The van der Waals surface area contributed by atoms with Crippen molar-refractivity contribution in [1.29, 1.82) is 0 Å². The number of rotatable bonds is 2. The molecule has 0 atom stereocenters. The second-order valence-electron chi connectivity index (χ2n) is 4.52. The van der Waals surface area contributed by atoms with Crippen LogP contribution in [0.3, 0.4) is 0 Å². The standard InChI is InChI=1S/C12H17N5/c1-9-15-11-10(2-3-14-12(11)16-9)8-17-6-4-13-5-7-17/h2-3,13H,4-8H2,1H3,(H,14,15,16). The second-order valence-corrected chi connectivity index (χ2v) is 4.52. The number of hydrogen-bond acceptors (Lipinski definition) is 4. The van der Waals surface area contributed by atoms with Crippen LogP contribution in [0.2, 0.25) is 0 Å². The van der Waals surface area contributed by atoms with Crippen molar-refractivity contribution >= 4 is 11.2 Å². The highest BCUT2D eigenvalue weighted by atomic mass is 15.2. The third-order valence-electron chi connectivity index (χ3n) is 3.20. The lowest BCUT2D eigenvalue weighted by molar-refractivity contribution is 0.234. The molecule has 1 aliphatic heterocycles. The molecule has 3 rings (SSSR count). The number of aryl methyl sites for hydroxylation is 1. The van der Waals surface area contributed by atoms with E-state index in [2.05, 4.69) is 31.2 Å². The molecule has 90 valence electrons. The molecular formula is C12H17N5. The van der Waals surface area contributed by atoms with E-state index in [1.54, 1.807) is 0 Å². The molecule has 0 unspecified atom stereocenters. The van der Waals surface area contributed by atoms with Gasteiger partial charge < -0.3 is 10.3 Å². The van der Waals surface area contributed by atoms with Crippen LogP contribution < -0.4 is 5.32 Å². The maximum absolute atomic E-state index is 4.37. The van der Waals surface area contributed by atoms with E-state index in [-0.39, 0.29) is 0 Å². The normalized spacial score (nSPS) is 17.7. The third kappa shape index (κ3) is 2.16. The summed E-state index contributed by atoms with van der Waals surface area (Å²) < 4.78 is 0. The minimum absolute atomic E-state index is 0.829. The Kier molecular flexibility index (Phi) is 2.78. The molecule has 0 saturated carbocycles. The molecule has 1 aliphatic rings. The van der Waals surface area contributed by atoms with Crippen molar-refractivity contribution in [3.8, 4) is 0 Å². The summed E-state index contributed by atoms with van der Waals surface area (Å²) in [5.74, 6) is 0.931. The van der Waals surface area contributed by atoms with Crippen molar-refractivity contribution in [1.82, 2.24) is 25.2 Å². The summed E-state index contributed by atoms with van der Waals surface area (Å²) in [6, 6.07) is 2.09. The summed E-state index contributed by atoms with van der Waals surface area (Å²) in [6.07, 6.45) is 1.85. The van der Waals surface area contributed by atoms with Crippen molar-refractivity contribution in [2.24, 2.45) is 0 Å². The fourth-order valence-electron chi connectivity index (χ4n) is 2.32. The molecule has 1 fully saturated rings. The van der Waals surface area contributed by atoms with Gasteiger partial charge in [-0.25, -0.2) is 9.97 Å². The summed E-state index contributed by atoms with van der Waals surface area (Å²) in [7, 11) is 0. The zero-order valence-electron chi connectivity index (χ0n) is 10.0. The maximum Gasteiger partial charge on any atom is 0.177 e. The van der Waals surface area contributed by atoms with Gasteiger partial charge in [0, 0.05) is 38.9 Å². The Bertz CT molecular complexity index is 513. The van der Waals surface area contributed by atoms with Crippen LogP contribution in [0.15, 0.2) is 12.3 Å². The van der Waals surface area contributed by atoms with E-state index in [1.165, 1.54) is 5.56 Å². The minimum Gasteiger partial charge on any atom is -0.341 e. The van der Waals surface area contributed by atoms with Crippen LogP contribution in [0.5, 0.6) is 0 Å². The van der Waals surface area contributed by atoms with E-state index >= 15 is 0 Å². The maximum atomic E-state index is 4.37. The SMILES string of the molecule is Cc1nc2nccc(CN3CCNCC3)c2[nH]1. The molecule has 0 amide bonds. The van der Waals surface area contributed by atoms with Crippen LogP contribution in [-0.2, 0) is 6.54 Å². The second kappa shape index (κ2) is 4.43. The lowest BCUT2D eigenvalue weighted by atomic mass is 10.2. The van der Waals surface area contributed by atoms with Gasteiger partial charge in [0.25, 0.3) is 0 Å². The predicted molar refractivity (Wildman–Crippen MR) is 66.8 cm³/mol. The van der Waals surface area contributed by atoms with Gasteiger partial charge in [-0.2, -0.15) is 0 Å². The van der Waals surface area contributed by atoms with Crippen molar-refractivity contribution < 1.29 is 0 Å². The average Bonchev–Trinajstić information content (AvgIpc) is 2.72. The first-order valence-corrected chi connectivity index (χ1v) is 6.06. The van der Waals surface area contributed by atoms with Gasteiger partial charge in [-0.1, -0.05) is 0 Å². The number of fused-ring (bicyclic) bond motifs is 1. The summed E-state index contributed by atoms with van der Waals surface area (Å²) in [6.45, 7) is 7.32. The Morgan fingerprint density at radius 3 is 3.00 bits per heavy atom. The van der Waals surface area contributed by atoms with Crippen LogP contribution in [0.4, 0.5) is 0 Å². The number of aromatic amines is 1. The molecule has 2 aromatic heterocycles. The lowest BCUT2D eigenvalue weighted by Gasteiger charge is -2.27. The first-order chi connectivity index (χ1) is 8.33. The molecule has 2 N–H and O–H groups in total. The van der Waals surface area contributed by atoms with Gasteiger partial charge in [-0.3, -0.25) is 4.90 Å². The highest BCUT2D eigenvalue weighted by molar-refractivity contribution is 5.74. The van der Waals surface area contributed by atoms with Gasteiger partial charge in [0.2, 0.25) is 0 Å². The van der Waals surface area contributed by atoms with Crippen LogP contribution in [0, 0.1) is 6.92 Å². The monoisotopic (exact) mass is 231 g/mol. The minimum atomic E-state index is 0.829. The molecule has 5 heteroatoms. The largest absolute Gasteiger partial charge is 0.341 e. The smallest absolute Gasteiger partial charge is 0.177 e. The molecule has 17 heavy (non-hydrogen) atoms. The molecule has 0 bridgehead atoms. The van der Waals surface area contributed by atoms with Gasteiger partial charge in [-0.05, 0) is 18.6 Å².